The van der Waals surface area contributed by atoms with E-state index in [1.165, 1.54) is 26.7 Å². The highest BCUT2D eigenvalue weighted by Gasteiger charge is 2.20. The second kappa shape index (κ2) is 4.87. The Labute approximate surface area is 117 Å². The van der Waals surface area contributed by atoms with Gasteiger partial charge in [0.1, 0.15) is 0 Å². The molecule has 0 saturated heterocycles. The molecule has 0 fully saturated rings. The molecule has 0 atom stereocenters. The van der Waals surface area contributed by atoms with Crippen LogP contribution in [0.25, 0.3) is 0 Å². The lowest BCUT2D eigenvalue weighted by Crippen LogP contribution is -2.15. The van der Waals surface area contributed by atoms with Crippen LogP contribution in [0.3, 0.4) is 0 Å². The zero-order valence-electron chi connectivity index (χ0n) is 10.5. The zero-order valence-corrected chi connectivity index (χ0v) is 12.1. The number of rotatable bonds is 2. The molecular formula is C16H16BrN. The van der Waals surface area contributed by atoms with E-state index in [1.54, 1.807) is 0 Å². The third-order valence-corrected chi connectivity index (χ3v) is 4.26. The first-order valence-corrected chi connectivity index (χ1v) is 7.06. The first-order chi connectivity index (χ1) is 8.72. The number of hydrogen-bond acceptors (Lipinski definition) is 1. The minimum atomic E-state index is 1.03. The van der Waals surface area contributed by atoms with Gasteiger partial charge in [-0.05, 0) is 29.7 Å². The average molecular weight is 302 g/mol. The van der Waals surface area contributed by atoms with Gasteiger partial charge in [0.25, 0.3) is 0 Å². The molecule has 2 heteroatoms. The number of aryl methyl sites for hydroxylation is 1. The summed E-state index contributed by atoms with van der Waals surface area (Å²) in [5.74, 6) is 0. The van der Waals surface area contributed by atoms with Crippen LogP contribution in [0.4, 0.5) is 0 Å². The van der Waals surface area contributed by atoms with Gasteiger partial charge in [-0.25, -0.2) is 0 Å². The molecule has 2 aromatic carbocycles. The van der Waals surface area contributed by atoms with Crippen molar-refractivity contribution >= 4 is 15.9 Å². The summed E-state index contributed by atoms with van der Waals surface area (Å²) in [6.07, 6.45) is 0. The van der Waals surface area contributed by atoms with Gasteiger partial charge in [0.15, 0.2) is 0 Å². The van der Waals surface area contributed by atoms with Crippen molar-refractivity contribution in [2.45, 2.75) is 26.6 Å². The van der Waals surface area contributed by atoms with Crippen molar-refractivity contribution < 1.29 is 0 Å². The SMILES string of the molecule is Cc1ccc(CN2Cc3cccc(Br)c3C2)cc1. The van der Waals surface area contributed by atoms with E-state index in [0.717, 1.165) is 19.6 Å². The Morgan fingerprint density at radius 1 is 1.06 bits per heavy atom. The first kappa shape index (κ1) is 11.9. The normalized spacial score (nSPS) is 14.8. The quantitative estimate of drug-likeness (QED) is 0.800. The van der Waals surface area contributed by atoms with Crippen molar-refractivity contribution in [3.05, 3.63) is 69.2 Å². The third kappa shape index (κ3) is 2.36. The van der Waals surface area contributed by atoms with E-state index in [0.29, 0.717) is 0 Å². The van der Waals surface area contributed by atoms with Crippen LogP contribution in [0.1, 0.15) is 22.3 Å². The van der Waals surface area contributed by atoms with E-state index in [1.807, 2.05) is 0 Å². The molecule has 0 radical (unpaired) electrons. The van der Waals surface area contributed by atoms with Gasteiger partial charge in [-0.2, -0.15) is 0 Å². The van der Waals surface area contributed by atoms with Gasteiger partial charge in [0, 0.05) is 24.1 Å². The lowest BCUT2D eigenvalue weighted by atomic mass is 10.1. The summed E-state index contributed by atoms with van der Waals surface area (Å²) in [4.78, 5) is 2.49. The van der Waals surface area contributed by atoms with Crippen LogP contribution in [-0.2, 0) is 19.6 Å². The molecule has 2 aromatic rings. The highest BCUT2D eigenvalue weighted by molar-refractivity contribution is 9.10. The smallest absolute Gasteiger partial charge is 0.0255 e. The second-order valence-electron chi connectivity index (χ2n) is 5.01. The zero-order chi connectivity index (χ0) is 12.5. The Morgan fingerprint density at radius 3 is 2.56 bits per heavy atom. The van der Waals surface area contributed by atoms with Crippen LogP contribution < -0.4 is 0 Å². The molecule has 0 spiro atoms. The van der Waals surface area contributed by atoms with Crippen LogP contribution in [0.2, 0.25) is 0 Å². The van der Waals surface area contributed by atoms with E-state index in [4.69, 9.17) is 0 Å². The highest BCUT2D eigenvalue weighted by atomic mass is 79.9. The summed E-state index contributed by atoms with van der Waals surface area (Å²) in [6, 6.07) is 15.3. The fourth-order valence-corrected chi connectivity index (χ4v) is 3.05. The Bertz CT molecular complexity index is 560. The number of hydrogen-bond donors (Lipinski definition) is 0. The molecule has 1 heterocycles. The maximum absolute atomic E-state index is 3.64. The molecule has 1 aliphatic heterocycles. The maximum atomic E-state index is 3.64. The second-order valence-corrected chi connectivity index (χ2v) is 5.86. The van der Waals surface area contributed by atoms with Gasteiger partial charge in [0.05, 0.1) is 0 Å². The molecule has 0 saturated carbocycles. The van der Waals surface area contributed by atoms with Crippen LogP contribution >= 0.6 is 15.9 Å². The number of fused-ring (bicyclic) bond motifs is 1. The summed E-state index contributed by atoms with van der Waals surface area (Å²) >= 11 is 3.64. The standard InChI is InChI=1S/C16H16BrN/c1-12-5-7-13(8-6-12)9-18-10-14-3-2-4-16(17)15(14)11-18/h2-8H,9-11H2,1H3. The largest absolute Gasteiger partial charge is 0.291 e. The van der Waals surface area contributed by atoms with E-state index < -0.39 is 0 Å². The number of benzene rings is 2. The Hall–Kier alpha value is -1.12. The van der Waals surface area contributed by atoms with E-state index in [9.17, 15) is 0 Å². The third-order valence-electron chi connectivity index (χ3n) is 3.52. The van der Waals surface area contributed by atoms with E-state index in [-0.39, 0.29) is 0 Å². The topological polar surface area (TPSA) is 3.24 Å². The molecule has 0 unspecified atom stereocenters. The summed E-state index contributed by atoms with van der Waals surface area (Å²) in [6.45, 7) is 5.27. The summed E-state index contributed by atoms with van der Waals surface area (Å²) in [5.41, 5.74) is 5.62. The van der Waals surface area contributed by atoms with Gasteiger partial charge in [0.2, 0.25) is 0 Å². The fraction of sp³-hybridized carbons (Fsp3) is 0.250. The van der Waals surface area contributed by atoms with Crippen molar-refractivity contribution in [3.63, 3.8) is 0 Å². The van der Waals surface area contributed by atoms with E-state index >= 15 is 0 Å². The van der Waals surface area contributed by atoms with Crippen molar-refractivity contribution in [1.29, 1.82) is 0 Å². The van der Waals surface area contributed by atoms with Gasteiger partial charge >= 0.3 is 0 Å². The molecule has 3 rings (SSSR count). The molecule has 0 aromatic heterocycles. The minimum absolute atomic E-state index is 1.03. The van der Waals surface area contributed by atoms with Crippen molar-refractivity contribution in [1.82, 2.24) is 4.90 Å². The summed E-state index contributed by atoms with van der Waals surface area (Å²) in [7, 11) is 0. The molecule has 1 aliphatic rings. The molecule has 0 bridgehead atoms. The minimum Gasteiger partial charge on any atom is -0.291 e. The molecule has 0 amide bonds. The average Bonchev–Trinajstić information content (AvgIpc) is 2.76. The molecule has 18 heavy (non-hydrogen) atoms. The fourth-order valence-electron chi connectivity index (χ4n) is 2.51. The highest BCUT2D eigenvalue weighted by Crippen LogP contribution is 2.30. The Kier molecular flexibility index (Phi) is 3.23. The predicted molar refractivity (Wildman–Crippen MR) is 78.3 cm³/mol. The lowest BCUT2D eigenvalue weighted by Gasteiger charge is -2.14. The van der Waals surface area contributed by atoms with Crippen LogP contribution in [0.5, 0.6) is 0 Å². The van der Waals surface area contributed by atoms with E-state index in [2.05, 4.69) is 70.2 Å². The number of nitrogens with zero attached hydrogens (tertiary/aromatic N) is 1. The monoisotopic (exact) mass is 301 g/mol. The summed E-state index contributed by atoms with van der Waals surface area (Å²) in [5, 5.41) is 0. The van der Waals surface area contributed by atoms with Crippen LogP contribution in [0, 0.1) is 6.92 Å². The molecule has 0 aliphatic carbocycles. The first-order valence-electron chi connectivity index (χ1n) is 6.26. The Morgan fingerprint density at radius 2 is 1.83 bits per heavy atom. The van der Waals surface area contributed by atoms with Gasteiger partial charge in [-0.15, -0.1) is 0 Å². The van der Waals surface area contributed by atoms with Gasteiger partial charge < -0.3 is 0 Å². The van der Waals surface area contributed by atoms with Gasteiger partial charge in [-0.3, -0.25) is 4.90 Å². The van der Waals surface area contributed by atoms with Crippen LogP contribution in [0.15, 0.2) is 46.9 Å². The van der Waals surface area contributed by atoms with Crippen LogP contribution in [-0.4, -0.2) is 4.90 Å². The predicted octanol–water partition coefficient (Wildman–Crippen LogP) is 4.27. The van der Waals surface area contributed by atoms with Crippen molar-refractivity contribution in [3.8, 4) is 0 Å². The molecular weight excluding hydrogens is 286 g/mol. The summed E-state index contributed by atoms with van der Waals surface area (Å²) < 4.78 is 1.24. The van der Waals surface area contributed by atoms with Gasteiger partial charge in [-0.1, -0.05) is 57.9 Å². The van der Waals surface area contributed by atoms with Crippen molar-refractivity contribution in [2.24, 2.45) is 0 Å². The molecule has 92 valence electrons. The Balaban J connectivity index is 1.75. The molecule has 0 N–H and O–H groups in total. The number of halogens is 1. The maximum Gasteiger partial charge on any atom is 0.0255 e. The lowest BCUT2D eigenvalue weighted by molar-refractivity contribution is 0.275. The van der Waals surface area contributed by atoms with Crippen molar-refractivity contribution in [2.75, 3.05) is 0 Å². The molecule has 1 nitrogen and oxygen atoms in total.